The van der Waals surface area contributed by atoms with Crippen LogP contribution < -0.4 is 5.32 Å². The van der Waals surface area contributed by atoms with E-state index in [-0.39, 0.29) is 25.2 Å². The quantitative estimate of drug-likeness (QED) is 0.0398. The Morgan fingerprint density at radius 1 is 0.511 bits per heavy atom. The van der Waals surface area contributed by atoms with Gasteiger partial charge in [-0.1, -0.05) is 142 Å². The molecule has 47 heavy (non-hydrogen) atoms. The standard InChI is InChI=1S/C38H73NO8/c1-4-6-8-10-12-14-16-18-20-22-24-27-36(40)45-33-35(34-46-38(42)39-29-26-30-44-32-31-43-3)47-37(41)28-25-23-21-19-17-15-13-11-9-7-5-2/h35H,4-34H2,1-3H3,(H,39,42). The zero-order valence-electron chi connectivity index (χ0n) is 30.8. The summed E-state index contributed by atoms with van der Waals surface area (Å²) in [5.41, 5.74) is 0. The Kier molecular flexibility index (Phi) is 35.5. The molecule has 0 aromatic rings. The SMILES string of the molecule is CCCCCCCCCCCCCC(=O)OCC(COC(=O)NCCCOCCOC)OC(=O)CCCCCCCCCCCCC. The molecule has 0 saturated heterocycles. The normalized spacial score (nSPS) is 11.7. The fourth-order valence-corrected chi connectivity index (χ4v) is 5.31. The third-order valence-corrected chi connectivity index (χ3v) is 8.26. The highest BCUT2D eigenvalue weighted by Crippen LogP contribution is 2.14. The van der Waals surface area contributed by atoms with Crippen LogP contribution in [-0.2, 0) is 33.3 Å². The second-order valence-corrected chi connectivity index (χ2v) is 12.8. The lowest BCUT2D eigenvalue weighted by Crippen LogP contribution is -2.34. The summed E-state index contributed by atoms with van der Waals surface area (Å²) < 4.78 is 26.6. The zero-order valence-corrected chi connectivity index (χ0v) is 30.8. The van der Waals surface area contributed by atoms with Crippen molar-refractivity contribution in [1.29, 1.82) is 0 Å². The summed E-state index contributed by atoms with van der Waals surface area (Å²) in [6.07, 6.45) is 26.4. The molecule has 0 radical (unpaired) electrons. The van der Waals surface area contributed by atoms with Gasteiger partial charge in [0.2, 0.25) is 0 Å². The van der Waals surface area contributed by atoms with Gasteiger partial charge < -0.3 is 29.0 Å². The second-order valence-electron chi connectivity index (χ2n) is 12.8. The fourth-order valence-electron chi connectivity index (χ4n) is 5.31. The summed E-state index contributed by atoms with van der Waals surface area (Å²) in [4.78, 5) is 37.1. The van der Waals surface area contributed by atoms with Gasteiger partial charge in [0.15, 0.2) is 6.10 Å². The smallest absolute Gasteiger partial charge is 0.407 e. The minimum absolute atomic E-state index is 0.124. The van der Waals surface area contributed by atoms with Crippen molar-refractivity contribution in [3.63, 3.8) is 0 Å². The van der Waals surface area contributed by atoms with Gasteiger partial charge in [0.25, 0.3) is 0 Å². The van der Waals surface area contributed by atoms with Crippen LogP contribution in [0.15, 0.2) is 0 Å². The number of nitrogens with one attached hydrogen (secondary N) is 1. The Hall–Kier alpha value is -1.87. The van der Waals surface area contributed by atoms with E-state index in [0.717, 1.165) is 38.5 Å². The van der Waals surface area contributed by atoms with Gasteiger partial charge in [-0.25, -0.2) is 4.79 Å². The molecule has 9 heteroatoms. The maximum Gasteiger partial charge on any atom is 0.407 e. The third kappa shape index (κ3) is 35.3. The molecule has 1 atom stereocenters. The summed E-state index contributed by atoms with van der Waals surface area (Å²) in [5.74, 6) is -0.671. The van der Waals surface area contributed by atoms with Crippen LogP contribution in [0.3, 0.4) is 0 Å². The van der Waals surface area contributed by atoms with E-state index >= 15 is 0 Å². The molecule has 0 rings (SSSR count). The molecule has 0 heterocycles. The van der Waals surface area contributed by atoms with Crippen molar-refractivity contribution >= 4 is 18.0 Å². The van der Waals surface area contributed by atoms with E-state index < -0.39 is 12.2 Å². The van der Waals surface area contributed by atoms with Crippen molar-refractivity contribution in [1.82, 2.24) is 5.32 Å². The predicted octanol–water partition coefficient (Wildman–Crippen LogP) is 9.62. The topological polar surface area (TPSA) is 109 Å². The van der Waals surface area contributed by atoms with Gasteiger partial charge in [-0.2, -0.15) is 0 Å². The molecular weight excluding hydrogens is 598 g/mol. The largest absolute Gasteiger partial charge is 0.462 e. The lowest BCUT2D eigenvalue weighted by atomic mass is 10.1. The van der Waals surface area contributed by atoms with Crippen LogP contribution in [0, 0.1) is 0 Å². The summed E-state index contributed by atoms with van der Waals surface area (Å²) in [6, 6.07) is 0. The van der Waals surface area contributed by atoms with Gasteiger partial charge in [-0.05, 0) is 19.3 Å². The Balaban J connectivity index is 4.31. The molecule has 0 bridgehead atoms. The van der Waals surface area contributed by atoms with Crippen LogP contribution in [0.5, 0.6) is 0 Å². The van der Waals surface area contributed by atoms with Crippen LogP contribution in [0.1, 0.15) is 174 Å². The number of hydrogen-bond donors (Lipinski definition) is 1. The fraction of sp³-hybridized carbons (Fsp3) is 0.921. The monoisotopic (exact) mass is 672 g/mol. The predicted molar refractivity (Wildman–Crippen MR) is 190 cm³/mol. The lowest BCUT2D eigenvalue weighted by Gasteiger charge is -2.18. The number of methoxy groups -OCH3 is 1. The number of alkyl carbamates (subject to hydrolysis) is 1. The number of carbonyl (C=O) groups excluding carboxylic acids is 3. The Labute approximate surface area is 288 Å². The molecule has 0 aliphatic rings. The average Bonchev–Trinajstić information content (AvgIpc) is 3.06. The molecule has 0 spiro atoms. The van der Waals surface area contributed by atoms with Crippen LogP contribution in [0.2, 0.25) is 0 Å². The number of rotatable bonds is 36. The lowest BCUT2D eigenvalue weighted by molar-refractivity contribution is -0.161. The highest BCUT2D eigenvalue weighted by Gasteiger charge is 2.19. The molecule has 278 valence electrons. The van der Waals surface area contributed by atoms with Gasteiger partial charge in [-0.15, -0.1) is 0 Å². The van der Waals surface area contributed by atoms with E-state index in [9.17, 15) is 14.4 Å². The van der Waals surface area contributed by atoms with E-state index in [0.29, 0.717) is 45.6 Å². The van der Waals surface area contributed by atoms with Crippen LogP contribution in [-0.4, -0.2) is 70.8 Å². The van der Waals surface area contributed by atoms with Crippen LogP contribution in [0.25, 0.3) is 0 Å². The van der Waals surface area contributed by atoms with Crippen molar-refractivity contribution in [3.8, 4) is 0 Å². The minimum Gasteiger partial charge on any atom is -0.462 e. The Bertz CT molecular complexity index is 705. The highest BCUT2D eigenvalue weighted by molar-refractivity contribution is 5.70. The first-order valence-electron chi connectivity index (χ1n) is 19.4. The highest BCUT2D eigenvalue weighted by atomic mass is 16.6. The number of amides is 1. The molecule has 0 fully saturated rings. The zero-order chi connectivity index (χ0) is 34.5. The van der Waals surface area contributed by atoms with Gasteiger partial charge in [0.05, 0.1) is 13.2 Å². The van der Waals surface area contributed by atoms with Crippen molar-refractivity contribution in [2.45, 2.75) is 180 Å². The molecular formula is C38H73NO8. The number of esters is 2. The Morgan fingerprint density at radius 3 is 1.45 bits per heavy atom. The molecule has 0 aromatic carbocycles. The van der Waals surface area contributed by atoms with E-state index in [1.54, 1.807) is 7.11 Å². The molecule has 0 aliphatic heterocycles. The van der Waals surface area contributed by atoms with Crippen LogP contribution in [0.4, 0.5) is 4.79 Å². The first-order chi connectivity index (χ1) is 23.0. The Morgan fingerprint density at radius 2 is 0.957 bits per heavy atom. The van der Waals surface area contributed by atoms with E-state index in [4.69, 9.17) is 23.7 Å². The first kappa shape index (κ1) is 45.1. The maximum atomic E-state index is 12.6. The van der Waals surface area contributed by atoms with Crippen molar-refractivity contribution < 1.29 is 38.1 Å². The average molecular weight is 672 g/mol. The molecule has 0 aliphatic carbocycles. The van der Waals surface area contributed by atoms with E-state index in [1.165, 1.54) is 103 Å². The van der Waals surface area contributed by atoms with Gasteiger partial charge in [0.1, 0.15) is 13.2 Å². The summed E-state index contributed by atoms with van der Waals surface area (Å²) in [7, 11) is 1.62. The van der Waals surface area contributed by atoms with E-state index in [1.807, 2.05) is 0 Å². The number of ether oxygens (including phenoxy) is 5. The third-order valence-electron chi connectivity index (χ3n) is 8.26. The van der Waals surface area contributed by atoms with Crippen LogP contribution >= 0.6 is 0 Å². The van der Waals surface area contributed by atoms with Gasteiger partial charge in [-0.3, -0.25) is 9.59 Å². The summed E-state index contributed by atoms with van der Waals surface area (Å²) >= 11 is 0. The molecule has 1 amide bonds. The number of unbranched alkanes of at least 4 members (excludes halogenated alkanes) is 20. The van der Waals surface area contributed by atoms with E-state index in [2.05, 4.69) is 19.2 Å². The first-order valence-corrected chi connectivity index (χ1v) is 19.4. The number of hydrogen-bond acceptors (Lipinski definition) is 8. The molecule has 0 saturated carbocycles. The minimum atomic E-state index is -0.834. The molecule has 9 nitrogen and oxygen atoms in total. The number of carbonyl (C=O) groups is 3. The van der Waals surface area contributed by atoms with Crippen molar-refractivity contribution in [2.75, 3.05) is 46.7 Å². The van der Waals surface area contributed by atoms with Crippen molar-refractivity contribution in [2.24, 2.45) is 0 Å². The maximum absolute atomic E-state index is 12.6. The van der Waals surface area contributed by atoms with Crippen molar-refractivity contribution in [3.05, 3.63) is 0 Å². The molecule has 1 unspecified atom stereocenters. The summed E-state index contributed by atoms with van der Waals surface area (Å²) in [6.45, 7) is 6.11. The second kappa shape index (κ2) is 37.0. The van der Waals surface area contributed by atoms with Gasteiger partial charge >= 0.3 is 18.0 Å². The van der Waals surface area contributed by atoms with Gasteiger partial charge in [0, 0.05) is 33.1 Å². The molecule has 0 aromatic heterocycles. The summed E-state index contributed by atoms with van der Waals surface area (Å²) in [5, 5.41) is 2.67. The molecule has 1 N–H and O–H groups in total.